The van der Waals surface area contributed by atoms with E-state index in [1.54, 1.807) is 0 Å². The zero-order valence-corrected chi connectivity index (χ0v) is 25.3. The Morgan fingerprint density at radius 2 is 0.826 bits per heavy atom. The number of rotatable bonds is 7. The first kappa shape index (κ1) is 27.4. The molecule has 0 aliphatic carbocycles. The molecular formula is C44H31NO. The summed E-state index contributed by atoms with van der Waals surface area (Å²) < 4.78 is 6.26. The van der Waals surface area contributed by atoms with Crippen LogP contribution in [0.5, 0.6) is 0 Å². The van der Waals surface area contributed by atoms with Crippen LogP contribution in [-0.4, -0.2) is 0 Å². The predicted molar refractivity (Wildman–Crippen MR) is 193 cm³/mol. The summed E-state index contributed by atoms with van der Waals surface area (Å²) >= 11 is 0. The zero-order valence-electron chi connectivity index (χ0n) is 25.3. The molecule has 1 aromatic heterocycles. The Morgan fingerprint density at radius 3 is 1.50 bits per heavy atom. The molecule has 2 heteroatoms. The van der Waals surface area contributed by atoms with Crippen molar-refractivity contribution in [1.29, 1.82) is 0 Å². The van der Waals surface area contributed by atoms with Crippen LogP contribution in [0.1, 0.15) is 0 Å². The summed E-state index contributed by atoms with van der Waals surface area (Å²) in [5, 5.41) is 1.11. The van der Waals surface area contributed by atoms with Crippen molar-refractivity contribution in [2.75, 3.05) is 4.90 Å². The molecule has 218 valence electrons. The quantitative estimate of drug-likeness (QED) is 0.184. The van der Waals surface area contributed by atoms with Gasteiger partial charge in [0.05, 0.1) is 0 Å². The monoisotopic (exact) mass is 589 g/mol. The van der Waals surface area contributed by atoms with Crippen LogP contribution < -0.4 is 4.90 Å². The van der Waals surface area contributed by atoms with Gasteiger partial charge in [0.15, 0.2) is 0 Å². The third kappa shape index (κ3) is 5.38. The zero-order chi connectivity index (χ0) is 30.7. The summed E-state index contributed by atoms with van der Waals surface area (Å²) in [5.74, 6) is 0.876. The molecule has 1 heterocycles. The standard InChI is InChI=1S/C44H31NO/c1-3-12-32(13-4-1)35-15-11-16-36(30-35)33-22-26-39(27-23-33)45(38-17-5-2-6-18-38)40-28-24-34(25-29-40)41-19-8-9-20-42(41)44-31-37-14-7-10-21-43(37)46-44/h1-31H. The topological polar surface area (TPSA) is 16.4 Å². The summed E-state index contributed by atoms with van der Waals surface area (Å²) in [5.41, 5.74) is 12.4. The highest BCUT2D eigenvalue weighted by Crippen LogP contribution is 2.39. The van der Waals surface area contributed by atoms with Crippen LogP contribution in [0.2, 0.25) is 0 Å². The number of benzene rings is 7. The molecule has 0 atom stereocenters. The SMILES string of the molecule is c1ccc(-c2cccc(-c3ccc(N(c4ccccc4)c4ccc(-c5ccccc5-c5cc6ccccc6o5)cc4)cc3)c2)cc1. The summed E-state index contributed by atoms with van der Waals surface area (Å²) in [6.45, 7) is 0. The molecule has 0 radical (unpaired) electrons. The smallest absolute Gasteiger partial charge is 0.136 e. The van der Waals surface area contributed by atoms with Crippen molar-refractivity contribution in [3.05, 3.63) is 188 Å². The van der Waals surface area contributed by atoms with Crippen LogP contribution in [0.15, 0.2) is 192 Å². The minimum atomic E-state index is 0.876. The lowest BCUT2D eigenvalue weighted by atomic mass is 9.97. The van der Waals surface area contributed by atoms with E-state index in [4.69, 9.17) is 4.42 Å². The van der Waals surface area contributed by atoms with Gasteiger partial charge in [-0.05, 0) is 88.0 Å². The van der Waals surface area contributed by atoms with Gasteiger partial charge in [0.25, 0.3) is 0 Å². The third-order valence-corrected chi connectivity index (χ3v) is 8.50. The summed E-state index contributed by atoms with van der Waals surface area (Å²) in [4.78, 5) is 2.30. The average molecular weight is 590 g/mol. The van der Waals surface area contributed by atoms with Crippen molar-refractivity contribution >= 4 is 28.0 Å². The highest BCUT2D eigenvalue weighted by atomic mass is 16.3. The molecule has 46 heavy (non-hydrogen) atoms. The second-order valence-corrected chi connectivity index (χ2v) is 11.4. The maximum Gasteiger partial charge on any atom is 0.136 e. The van der Waals surface area contributed by atoms with E-state index in [1.165, 1.54) is 22.3 Å². The van der Waals surface area contributed by atoms with Crippen LogP contribution in [0.3, 0.4) is 0 Å². The number of nitrogens with zero attached hydrogens (tertiary/aromatic N) is 1. The van der Waals surface area contributed by atoms with Gasteiger partial charge in [-0.2, -0.15) is 0 Å². The maximum absolute atomic E-state index is 6.26. The molecule has 0 bridgehead atoms. The molecule has 0 saturated heterocycles. The molecule has 0 fully saturated rings. The molecule has 0 spiro atoms. The molecule has 2 nitrogen and oxygen atoms in total. The van der Waals surface area contributed by atoms with Gasteiger partial charge in [0.2, 0.25) is 0 Å². The molecule has 7 aromatic carbocycles. The Morgan fingerprint density at radius 1 is 0.326 bits per heavy atom. The van der Waals surface area contributed by atoms with E-state index in [0.717, 1.165) is 50.5 Å². The first-order valence-corrected chi connectivity index (χ1v) is 15.6. The van der Waals surface area contributed by atoms with E-state index in [9.17, 15) is 0 Å². The van der Waals surface area contributed by atoms with Crippen LogP contribution in [0, 0.1) is 0 Å². The fourth-order valence-corrected chi connectivity index (χ4v) is 6.19. The average Bonchev–Trinajstić information content (AvgIpc) is 3.58. The Balaban J connectivity index is 1.13. The van der Waals surface area contributed by atoms with Gasteiger partial charge in [-0.3, -0.25) is 0 Å². The molecule has 0 unspecified atom stereocenters. The number of hydrogen-bond donors (Lipinski definition) is 0. The first-order valence-electron chi connectivity index (χ1n) is 15.6. The van der Waals surface area contributed by atoms with Gasteiger partial charge in [-0.25, -0.2) is 0 Å². The Labute approximate surface area is 269 Å². The van der Waals surface area contributed by atoms with Crippen LogP contribution >= 0.6 is 0 Å². The van der Waals surface area contributed by atoms with Gasteiger partial charge in [-0.1, -0.05) is 133 Å². The van der Waals surface area contributed by atoms with Crippen molar-refractivity contribution in [3.63, 3.8) is 0 Å². The Hall–Kier alpha value is -6.12. The molecule has 0 saturated carbocycles. The van der Waals surface area contributed by atoms with Crippen LogP contribution in [0.25, 0.3) is 55.7 Å². The fraction of sp³-hybridized carbons (Fsp3) is 0. The molecule has 8 rings (SSSR count). The number of hydrogen-bond acceptors (Lipinski definition) is 2. The summed E-state index contributed by atoms with van der Waals surface area (Å²) in [7, 11) is 0. The summed E-state index contributed by atoms with van der Waals surface area (Å²) in [6, 6.07) is 66.2. The lowest BCUT2D eigenvalue weighted by Gasteiger charge is -2.26. The van der Waals surface area contributed by atoms with Crippen molar-refractivity contribution in [2.24, 2.45) is 0 Å². The predicted octanol–water partition coefficient (Wildman–Crippen LogP) is 12.6. The lowest BCUT2D eigenvalue weighted by Crippen LogP contribution is -2.09. The van der Waals surface area contributed by atoms with Crippen LogP contribution in [-0.2, 0) is 0 Å². The molecular weight excluding hydrogens is 558 g/mol. The van der Waals surface area contributed by atoms with Gasteiger partial charge < -0.3 is 9.32 Å². The van der Waals surface area contributed by atoms with E-state index in [-0.39, 0.29) is 0 Å². The van der Waals surface area contributed by atoms with Crippen molar-refractivity contribution in [1.82, 2.24) is 0 Å². The normalized spacial score (nSPS) is 11.0. The number of furan rings is 1. The van der Waals surface area contributed by atoms with Gasteiger partial charge in [0, 0.05) is 28.0 Å². The molecule has 0 N–H and O–H groups in total. The Bertz CT molecular complexity index is 2200. The maximum atomic E-state index is 6.26. The van der Waals surface area contributed by atoms with Gasteiger partial charge in [0.1, 0.15) is 11.3 Å². The molecule has 0 aliphatic heterocycles. The van der Waals surface area contributed by atoms with E-state index < -0.39 is 0 Å². The molecule has 0 aliphatic rings. The van der Waals surface area contributed by atoms with Gasteiger partial charge in [-0.15, -0.1) is 0 Å². The number of para-hydroxylation sites is 2. The highest BCUT2D eigenvalue weighted by molar-refractivity contribution is 5.89. The number of anilines is 3. The Kier molecular flexibility index (Phi) is 7.22. The lowest BCUT2D eigenvalue weighted by molar-refractivity contribution is 0.632. The second-order valence-electron chi connectivity index (χ2n) is 11.4. The van der Waals surface area contributed by atoms with Crippen molar-refractivity contribution in [2.45, 2.75) is 0 Å². The highest BCUT2D eigenvalue weighted by Gasteiger charge is 2.15. The van der Waals surface area contributed by atoms with Crippen LogP contribution in [0.4, 0.5) is 17.1 Å². The van der Waals surface area contributed by atoms with E-state index in [1.807, 2.05) is 18.2 Å². The van der Waals surface area contributed by atoms with Gasteiger partial charge >= 0.3 is 0 Å². The van der Waals surface area contributed by atoms with E-state index in [2.05, 4.69) is 175 Å². The fourth-order valence-electron chi connectivity index (χ4n) is 6.19. The largest absolute Gasteiger partial charge is 0.456 e. The van der Waals surface area contributed by atoms with E-state index >= 15 is 0 Å². The minimum absolute atomic E-state index is 0.876. The minimum Gasteiger partial charge on any atom is -0.456 e. The van der Waals surface area contributed by atoms with Crippen molar-refractivity contribution in [3.8, 4) is 44.7 Å². The second kappa shape index (κ2) is 12.1. The third-order valence-electron chi connectivity index (χ3n) is 8.50. The molecule has 8 aromatic rings. The van der Waals surface area contributed by atoms with E-state index in [0.29, 0.717) is 0 Å². The number of fused-ring (bicyclic) bond motifs is 1. The van der Waals surface area contributed by atoms with Crippen molar-refractivity contribution < 1.29 is 4.42 Å². The first-order chi connectivity index (χ1) is 22.8. The summed E-state index contributed by atoms with van der Waals surface area (Å²) in [6.07, 6.45) is 0. The molecule has 0 amide bonds.